The highest BCUT2D eigenvalue weighted by Crippen LogP contribution is 2.23. The van der Waals surface area contributed by atoms with Crippen molar-refractivity contribution in [3.8, 4) is 5.75 Å². The predicted molar refractivity (Wildman–Crippen MR) is 82.9 cm³/mol. The van der Waals surface area contributed by atoms with E-state index in [0.717, 1.165) is 42.3 Å². The predicted octanol–water partition coefficient (Wildman–Crippen LogP) is 3.37. The van der Waals surface area contributed by atoms with E-state index in [2.05, 4.69) is 5.32 Å². The summed E-state index contributed by atoms with van der Waals surface area (Å²) in [6.45, 7) is 4.64. The minimum Gasteiger partial charge on any atom is -0.493 e. The standard InChI is InChI=1S/C15H17ClN2OS/c1-10-8-11(2-3-12(10)16)19-7-5-15-18-13-4-6-17-9-14(13)20-15/h2-3,8,17H,4-7,9H2,1H3. The number of nitrogens with zero attached hydrogens (tertiary/aromatic N) is 1. The Labute approximate surface area is 127 Å². The van der Waals surface area contributed by atoms with Crippen molar-refractivity contribution in [2.24, 2.45) is 0 Å². The fraction of sp³-hybridized carbons (Fsp3) is 0.400. The fourth-order valence-electron chi connectivity index (χ4n) is 2.25. The molecule has 0 spiro atoms. The molecule has 3 rings (SSSR count). The van der Waals surface area contributed by atoms with Crippen molar-refractivity contribution in [2.45, 2.75) is 26.3 Å². The first-order valence-electron chi connectivity index (χ1n) is 6.79. The van der Waals surface area contributed by atoms with Gasteiger partial charge in [-0.1, -0.05) is 11.6 Å². The molecule has 0 saturated heterocycles. The summed E-state index contributed by atoms with van der Waals surface area (Å²) in [5, 5.41) is 5.32. The van der Waals surface area contributed by atoms with Gasteiger partial charge in [-0.3, -0.25) is 0 Å². The topological polar surface area (TPSA) is 34.1 Å². The van der Waals surface area contributed by atoms with Crippen LogP contribution >= 0.6 is 22.9 Å². The molecule has 106 valence electrons. The molecule has 2 aromatic rings. The highest BCUT2D eigenvalue weighted by Gasteiger charge is 2.14. The zero-order valence-electron chi connectivity index (χ0n) is 11.4. The molecule has 3 nitrogen and oxygen atoms in total. The van der Waals surface area contributed by atoms with E-state index < -0.39 is 0 Å². The number of rotatable bonds is 4. The van der Waals surface area contributed by atoms with Crippen LogP contribution in [0.4, 0.5) is 0 Å². The van der Waals surface area contributed by atoms with Crippen molar-refractivity contribution < 1.29 is 4.74 Å². The summed E-state index contributed by atoms with van der Waals surface area (Å²) in [5.74, 6) is 0.870. The maximum absolute atomic E-state index is 6.00. The van der Waals surface area contributed by atoms with Crippen molar-refractivity contribution in [3.05, 3.63) is 44.4 Å². The van der Waals surface area contributed by atoms with Crippen LogP contribution in [-0.2, 0) is 19.4 Å². The molecule has 0 aliphatic carbocycles. The van der Waals surface area contributed by atoms with Crippen molar-refractivity contribution in [1.82, 2.24) is 10.3 Å². The lowest BCUT2D eigenvalue weighted by atomic mass is 10.2. The van der Waals surface area contributed by atoms with E-state index in [1.807, 2.05) is 25.1 Å². The van der Waals surface area contributed by atoms with Gasteiger partial charge in [0.05, 0.1) is 17.3 Å². The Morgan fingerprint density at radius 1 is 1.45 bits per heavy atom. The quantitative estimate of drug-likeness (QED) is 0.940. The summed E-state index contributed by atoms with van der Waals surface area (Å²) in [6, 6.07) is 5.76. The zero-order valence-corrected chi connectivity index (χ0v) is 13.0. The molecule has 0 saturated carbocycles. The van der Waals surface area contributed by atoms with Crippen LogP contribution in [0.15, 0.2) is 18.2 Å². The highest BCUT2D eigenvalue weighted by atomic mass is 35.5. The van der Waals surface area contributed by atoms with E-state index in [-0.39, 0.29) is 0 Å². The Kier molecular flexibility index (Phi) is 4.24. The van der Waals surface area contributed by atoms with Crippen LogP contribution in [0.5, 0.6) is 5.75 Å². The molecular formula is C15H17ClN2OS. The number of aryl methyl sites for hydroxylation is 1. The maximum atomic E-state index is 6.00. The van der Waals surface area contributed by atoms with E-state index in [0.29, 0.717) is 6.61 Å². The average molecular weight is 309 g/mol. The third-order valence-corrected chi connectivity index (χ3v) is 4.94. The molecule has 0 radical (unpaired) electrons. The van der Waals surface area contributed by atoms with Gasteiger partial charge in [0.15, 0.2) is 0 Å². The summed E-state index contributed by atoms with van der Waals surface area (Å²) < 4.78 is 5.77. The Hall–Kier alpha value is -1.10. The highest BCUT2D eigenvalue weighted by molar-refractivity contribution is 7.11. The maximum Gasteiger partial charge on any atom is 0.119 e. The minimum atomic E-state index is 0.654. The largest absolute Gasteiger partial charge is 0.493 e. The lowest BCUT2D eigenvalue weighted by Gasteiger charge is -2.09. The van der Waals surface area contributed by atoms with E-state index in [9.17, 15) is 0 Å². The van der Waals surface area contributed by atoms with Gasteiger partial charge in [0.1, 0.15) is 5.75 Å². The molecular weight excluding hydrogens is 292 g/mol. The third-order valence-electron chi connectivity index (χ3n) is 3.36. The summed E-state index contributed by atoms with van der Waals surface area (Å²) in [6.07, 6.45) is 1.91. The van der Waals surface area contributed by atoms with Crippen molar-refractivity contribution in [1.29, 1.82) is 0 Å². The molecule has 0 bridgehead atoms. The summed E-state index contributed by atoms with van der Waals surface area (Å²) >= 11 is 7.80. The minimum absolute atomic E-state index is 0.654. The van der Waals surface area contributed by atoms with Gasteiger partial charge < -0.3 is 10.1 Å². The van der Waals surface area contributed by atoms with Crippen LogP contribution in [0.25, 0.3) is 0 Å². The number of hydrogen-bond acceptors (Lipinski definition) is 4. The number of aromatic nitrogens is 1. The van der Waals surface area contributed by atoms with Crippen LogP contribution in [0.2, 0.25) is 5.02 Å². The smallest absolute Gasteiger partial charge is 0.119 e. The lowest BCUT2D eigenvalue weighted by Crippen LogP contribution is -2.22. The Bertz CT molecular complexity index is 588. The van der Waals surface area contributed by atoms with Gasteiger partial charge in [0.25, 0.3) is 0 Å². The first-order valence-corrected chi connectivity index (χ1v) is 7.99. The first-order chi connectivity index (χ1) is 9.72. The fourth-order valence-corrected chi connectivity index (χ4v) is 3.43. The second-order valence-corrected chi connectivity index (χ2v) is 6.49. The van der Waals surface area contributed by atoms with Crippen LogP contribution < -0.4 is 10.1 Å². The normalized spacial score (nSPS) is 14.1. The number of hydrogen-bond donors (Lipinski definition) is 1. The molecule has 0 unspecified atom stereocenters. The van der Waals surface area contributed by atoms with Crippen LogP contribution in [0.3, 0.4) is 0 Å². The molecule has 2 heterocycles. The SMILES string of the molecule is Cc1cc(OCCc2nc3c(s2)CNCC3)ccc1Cl. The number of fused-ring (bicyclic) bond motifs is 1. The van der Waals surface area contributed by atoms with E-state index in [1.54, 1.807) is 11.3 Å². The number of ether oxygens (including phenoxy) is 1. The molecule has 5 heteroatoms. The van der Waals surface area contributed by atoms with Gasteiger partial charge >= 0.3 is 0 Å². The molecule has 0 fully saturated rings. The van der Waals surface area contributed by atoms with Crippen molar-refractivity contribution in [2.75, 3.05) is 13.2 Å². The molecule has 1 aliphatic rings. The molecule has 1 aliphatic heterocycles. The van der Waals surface area contributed by atoms with Gasteiger partial charge in [-0.2, -0.15) is 0 Å². The third kappa shape index (κ3) is 3.14. The van der Waals surface area contributed by atoms with E-state index in [1.165, 1.54) is 15.6 Å². The summed E-state index contributed by atoms with van der Waals surface area (Å²) in [7, 11) is 0. The lowest BCUT2D eigenvalue weighted by molar-refractivity contribution is 0.321. The Morgan fingerprint density at radius 3 is 3.15 bits per heavy atom. The number of benzene rings is 1. The molecule has 1 aromatic carbocycles. The van der Waals surface area contributed by atoms with Crippen molar-refractivity contribution in [3.63, 3.8) is 0 Å². The monoisotopic (exact) mass is 308 g/mol. The second-order valence-electron chi connectivity index (χ2n) is 4.91. The Balaban J connectivity index is 1.57. The number of thiazole rings is 1. The zero-order chi connectivity index (χ0) is 13.9. The second kappa shape index (κ2) is 6.12. The Morgan fingerprint density at radius 2 is 2.35 bits per heavy atom. The number of halogens is 1. The summed E-state index contributed by atoms with van der Waals surface area (Å²) in [4.78, 5) is 6.07. The van der Waals surface area contributed by atoms with Gasteiger partial charge in [0.2, 0.25) is 0 Å². The van der Waals surface area contributed by atoms with Gasteiger partial charge in [-0.25, -0.2) is 4.98 Å². The number of nitrogens with one attached hydrogen (secondary N) is 1. The van der Waals surface area contributed by atoms with E-state index >= 15 is 0 Å². The molecule has 1 N–H and O–H groups in total. The average Bonchev–Trinajstić information content (AvgIpc) is 2.85. The van der Waals surface area contributed by atoms with E-state index in [4.69, 9.17) is 21.3 Å². The van der Waals surface area contributed by atoms with Crippen LogP contribution in [0.1, 0.15) is 21.1 Å². The van der Waals surface area contributed by atoms with Gasteiger partial charge in [0, 0.05) is 35.8 Å². The van der Waals surface area contributed by atoms with Gasteiger partial charge in [-0.15, -0.1) is 11.3 Å². The van der Waals surface area contributed by atoms with Crippen molar-refractivity contribution >= 4 is 22.9 Å². The molecule has 0 atom stereocenters. The molecule has 0 amide bonds. The van der Waals surface area contributed by atoms with Gasteiger partial charge in [-0.05, 0) is 30.7 Å². The van der Waals surface area contributed by atoms with Crippen LogP contribution in [-0.4, -0.2) is 18.1 Å². The summed E-state index contributed by atoms with van der Waals surface area (Å²) in [5.41, 5.74) is 2.31. The molecule has 20 heavy (non-hydrogen) atoms. The first kappa shape index (κ1) is 13.9. The molecule has 1 aromatic heterocycles. The van der Waals surface area contributed by atoms with Crippen LogP contribution in [0, 0.1) is 6.92 Å².